The zero-order valence-electron chi connectivity index (χ0n) is 15.3. The Labute approximate surface area is 159 Å². The maximum atomic E-state index is 12.6. The van der Waals surface area contributed by atoms with Crippen LogP contribution in [0, 0.1) is 5.92 Å². The van der Waals surface area contributed by atoms with E-state index < -0.39 is 0 Å². The van der Waals surface area contributed by atoms with Gasteiger partial charge in [0.2, 0.25) is 11.8 Å². The predicted octanol–water partition coefficient (Wildman–Crippen LogP) is 4.63. The maximum Gasteiger partial charge on any atom is 0.229 e. The van der Waals surface area contributed by atoms with Crippen molar-refractivity contribution in [2.24, 2.45) is 5.92 Å². The molecular weight excluding hydrogens is 348 g/mol. The van der Waals surface area contributed by atoms with Crippen molar-refractivity contribution >= 4 is 34.8 Å². The van der Waals surface area contributed by atoms with Crippen LogP contribution in [-0.4, -0.2) is 18.4 Å². The van der Waals surface area contributed by atoms with Gasteiger partial charge in [-0.25, -0.2) is 0 Å². The summed E-state index contributed by atoms with van der Waals surface area (Å²) in [5.74, 6) is -0.564. The lowest BCUT2D eigenvalue weighted by Crippen LogP contribution is -2.28. The predicted molar refractivity (Wildman–Crippen MR) is 106 cm³/mol. The summed E-state index contributed by atoms with van der Waals surface area (Å²) in [5, 5.41) is 3.49. The van der Waals surface area contributed by atoms with E-state index in [1.165, 1.54) is 5.56 Å². The highest BCUT2D eigenvalue weighted by molar-refractivity contribution is 6.31. The molecule has 2 aromatic carbocycles. The second kappa shape index (κ2) is 7.12. The van der Waals surface area contributed by atoms with Crippen LogP contribution < -0.4 is 10.2 Å². The van der Waals surface area contributed by atoms with Gasteiger partial charge in [0.15, 0.2) is 0 Å². The van der Waals surface area contributed by atoms with Crippen LogP contribution >= 0.6 is 11.6 Å². The lowest BCUT2D eigenvalue weighted by Gasteiger charge is -2.19. The Balaban J connectivity index is 1.67. The van der Waals surface area contributed by atoms with Crippen LogP contribution in [0.2, 0.25) is 5.02 Å². The number of anilines is 2. The molecule has 1 aliphatic heterocycles. The van der Waals surface area contributed by atoms with E-state index in [4.69, 9.17) is 11.6 Å². The molecule has 3 rings (SSSR count). The Kier molecular flexibility index (Phi) is 5.05. The third-order valence-electron chi connectivity index (χ3n) is 4.63. The van der Waals surface area contributed by atoms with Gasteiger partial charge in [0, 0.05) is 29.4 Å². The van der Waals surface area contributed by atoms with Crippen LogP contribution in [0.25, 0.3) is 0 Å². The van der Waals surface area contributed by atoms with Gasteiger partial charge in [0.05, 0.1) is 5.92 Å². The second-order valence-corrected chi connectivity index (χ2v) is 8.14. The monoisotopic (exact) mass is 370 g/mol. The maximum absolute atomic E-state index is 12.6. The fraction of sp³-hybridized carbons (Fsp3) is 0.333. The summed E-state index contributed by atoms with van der Waals surface area (Å²) in [7, 11) is 0. The van der Waals surface area contributed by atoms with E-state index in [1.807, 2.05) is 30.3 Å². The number of amides is 2. The molecule has 1 aliphatic rings. The van der Waals surface area contributed by atoms with Crippen LogP contribution in [0.5, 0.6) is 0 Å². The lowest BCUT2D eigenvalue weighted by molar-refractivity contribution is -0.122. The van der Waals surface area contributed by atoms with E-state index in [2.05, 4.69) is 26.1 Å². The fourth-order valence-corrected chi connectivity index (χ4v) is 3.26. The third-order valence-corrected chi connectivity index (χ3v) is 4.87. The molecule has 1 N–H and O–H groups in total. The van der Waals surface area contributed by atoms with Gasteiger partial charge in [0.1, 0.15) is 0 Å². The quantitative estimate of drug-likeness (QED) is 0.856. The Bertz CT molecular complexity index is 825. The van der Waals surface area contributed by atoms with Crippen molar-refractivity contribution in [1.29, 1.82) is 0 Å². The second-order valence-electron chi connectivity index (χ2n) is 7.70. The van der Waals surface area contributed by atoms with Crippen molar-refractivity contribution in [3.8, 4) is 0 Å². The van der Waals surface area contributed by atoms with Crippen LogP contribution in [0.4, 0.5) is 11.4 Å². The largest absolute Gasteiger partial charge is 0.326 e. The first kappa shape index (κ1) is 18.5. The summed E-state index contributed by atoms with van der Waals surface area (Å²) in [6.07, 6.45) is 0.207. The van der Waals surface area contributed by atoms with Crippen LogP contribution in [0.1, 0.15) is 32.8 Å². The molecule has 26 heavy (non-hydrogen) atoms. The molecule has 136 valence electrons. The van der Waals surface area contributed by atoms with Crippen molar-refractivity contribution in [3.05, 3.63) is 59.1 Å². The van der Waals surface area contributed by atoms with E-state index in [1.54, 1.807) is 23.1 Å². The van der Waals surface area contributed by atoms with Crippen LogP contribution in [0.3, 0.4) is 0 Å². The fourth-order valence-electron chi connectivity index (χ4n) is 3.07. The van der Waals surface area contributed by atoms with E-state index in [0.717, 1.165) is 11.4 Å². The number of carbonyl (C=O) groups is 2. The Morgan fingerprint density at radius 3 is 2.46 bits per heavy atom. The Morgan fingerprint density at radius 1 is 1.15 bits per heavy atom. The standard InChI is InChI=1S/C21H23ClN2O2/c1-21(2,3)15-7-9-17(10-8-15)23-20(26)14-11-19(25)24(13-14)18-6-4-5-16(22)12-18/h4-10,12,14H,11,13H2,1-3H3,(H,23,26)/t14-/m1/s1. The summed E-state index contributed by atoms with van der Waals surface area (Å²) in [4.78, 5) is 26.5. The van der Waals surface area contributed by atoms with Gasteiger partial charge in [-0.2, -0.15) is 0 Å². The molecule has 0 aliphatic carbocycles. The van der Waals surface area contributed by atoms with Gasteiger partial charge >= 0.3 is 0 Å². The molecule has 0 bridgehead atoms. The average molecular weight is 371 g/mol. The number of carbonyl (C=O) groups excluding carboxylic acids is 2. The lowest BCUT2D eigenvalue weighted by atomic mass is 9.87. The Hall–Kier alpha value is -2.33. The summed E-state index contributed by atoms with van der Waals surface area (Å²) < 4.78 is 0. The smallest absolute Gasteiger partial charge is 0.229 e. The summed E-state index contributed by atoms with van der Waals surface area (Å²) in [6, 6.07) is 15.0. The molecule has 4 nitrogen and oxygen atoms in total. The number of halogens is 1. The number of nitrogens with one attached hydrogen (secondary N) is 1. The molecule has 0 radical (unpaired) electrons. The van der Waals surface area contributed by atoms with Crippen LogP contribution in [-0.2, 0) is 15.0 Å². The summed E-state index contributed by atoms with van der Waals surface area (Å²) >= 11 is 6.00. The average Bonchev–Trinajstić information content (AvgIpc) is 2.96. The molecule has 0 saturated carbocycles. The van der Waals surface area contributed by atoms with E-state index in [-0.39, 0.29) is 29.6 Å². The molecule has 1 heterocycles. The molecule has 0 aromatic heterocycles. The topological polar surface area (TPSA) is 49.4 Å². The normalized spacial score (nSPS) is 17.5. The van der Waals surface area contributed by atoms with Gasteiger partial charge in [-0.15, -0.1) is 0 Å². The van der Waals surface area contributed by atoms with E-state index in [0.29, 0.717) is 11.6 Å². The van der Waals surface area contributed by atoms with Crippen molar-refractivity contribution in [1.82, 2.24) is 0 Å². The first-order valence-electron chi connectivity index (χ1n) is 8.71. The minimum atomic E-state index is -0.372. The number of hydrogen-bond acceptors (Lipinski definition) is 2. The highest BCUT2D eigenvalue weighted by Gasteiger charge is 2.35. The molecule has 0 unspecified atom stereocenters. The highest BCUT2D eigenvalue weighted by atomic mass is 35.5. The van der Waals surface area contributed by atoms with Gasteiger partial charge < -0.3 is 10.2 Å². The first-order chi connectivity index (χ1) is 12.2. The number of benzene rings is 2. The number of nitrogens with zero attached hydrogens (tertiary/aromatic N) is 1. The minimum Gasteiger partial charge on any atom is -0.326 e. The molecule has 1 atom stereocenters. The van der Waals surface area contributed by atoms with Gasteiger partial charge in [-0.1, -0.05) is 50.6 Å². The van der Waals surface area contributed by atoms with Crippen molar-refractivity contribution in [2.45, 2.75) is 32.6 Å². The molecule has 2 aromatic rings. The third kappa shape index (κ3) is 4.07. The van der Waals surface area contributed by atoms with E-state index in [9.17, 15) is 9.59 Å². The van der Waals surface area contributed by atoms with Gasteiger partial charge in [0.25, 0.3) is 0 Å². The minimum absolute atomic E-state index is 0.0597. The van der Waals surface area contributed by atoms with Gasteiger partial charge in [-0.3, -0.25) is 9.59 Å². The molecule has 1 fully saturated rings. The van der Waals surface area contributed by atoms with Gasteiger partial charge in [-0.05, 0) is 41.3 Å². The Morgan fingerprint density at radius 2 is 1.85 bits per heavy atom. The summed E-state index contributed by atoms with van der Waals surface area (Å²) in [5.41, 5.74) is 2.75. The molecule has 1 saturated heterocycles. The van der Waals surface area contributed by atoms with Crippen molar-refractivity contribution in [2.75, 3.05) is 16.8 Å². The zero-order chi connectivity index (χ0) is 18.9. The molecule has 0 spiro atoms. The molecular formula is C21H23ClN2O2. The SMILES string of the molecule is CC(C)(C)c1ccc(NC(=O)[C@@H]2CC(=O)N(c3cccc(Cl)c3)C2)cc1. The first-order valence-corrected chi connectivity index (χ1v) is 9.09. The molecule has 5 heteroatoms. The molecule has 2 amide bonds. The highest BCUT2D eigenvalue weighted by Crippen LogP contribution is 2.28. The zero-order valence-corrected chi connectivity index (χ0v) is 16.0. The summed E-state index contributed by atoms with van der Waals surface area (Å²) in [6.45, 7) is 6.81. The van der Waals surface area contributed by atoms with Crippen molar-refractivity contribution < 1.29 is 9.59 Å². The number of rotatable bonds is 3. The van der Waals surface area contributed by atoms with Crippen molar-refractivity contribution in [3.63, 3.8) is 0 Å². The van der Waals surface area contributed by atoms with Crippen LogP contribution in [0.15, 0.2) is 48.5 Å². The van der Waals surface area contributed by atoms with E-state index >= 15 is 0 Å². The number of hydrogen-bond donors (Lipinski definition) is 1.